The minimum atomic E-state index is -2.06. The maximum absolute atomic E-state index is 14.4. The van der Waals surface area contributed by atoms with Crippen molar-refractivity contribution in [2.24, 2.45) is 28.8 Å². The van der Waals surface area contributed by atoms with Crippen LogP contribution in [0.3, 0.4) is 0 Å². The predicted octanol–water partition coefficient (Wildman–Crippen LogP) is 6.20. The Balaban J connectivity index is 1.71. The number of amides is 1. The Morgan fingerprint density at radius 1 is 0.932 bits per heavy atom. The van der Waals surface area contributed by atoms with E-state index < -0.39 is 88.8 Å². The summed E-state index contributed by atoms with van der Waals surface area (Å²) in [7, 11) is 1.43. The van der Waals surface area contributed by atoms with E-state index >= 15 is 0 Å². The molecule has 316 valence electrons. The molecule has 0 unspecified atom stereocenters. The summed E-state index contributed by atoms with van der Waals surface area (Å²) < 4.78 is 23.5. The van der Waals surface area contributed by atoms with Gasteiger partial charge in [0.05, 0.1) is 58.7 Å². The number of anilines is 2. The molecule has 0 aliphatic carbocycles. The van der Waals surface area contributed by atoms with Crippen LogP contribution in [0.2, 0.25) is 0 Å². The number of rotatable bonds is 5. The number of aliphatic hydroxyl groups is 2. The number of phenols is 3. The van der Waals surface area contributed by atoms with E-state index in [-0.39, 0.29) is 44.5 Å². The van der Waals surface area contributed by atoms with Crippen LogP contribution in [0.5, 0.6) is 23.0 Å². The Labute approximate surface area is 342 Å². The van der Waals surface area contributed by atoms with Gasteiger partial charge in [0.1, 0.15) is 23.4 Å². The van der Waals surface area contributed by atoms with E-state index in [1.165, 1.54) is 53.2 Å². The summed E-state index contributed by atoms with van der Waals surface area (Å²) in [6.45, 7) is 12.4. The zero-order valence-corrected chi connectivity index (χ0v) is 34.5. The summed E-state index contributed by atoms with van der Waals surface area (Å²) in [5, 5.41) is 64.4. The van der Waals surface area contributed by atoms with Crippen molar-refractivity contribution < 1.29 is 58.9 Å². The summed E-state index contributed by atoms with van der Waals surface area (Å²) in [5.41, 5.74) is 2.84. The molecule has 3 aliphatic rings. The van der Waals surface area contributed by atoms with E-state index in [0.29, 0.717) is 5.69 Å². The number of esters is 1. The Morgan fingerprint density at radius 3 is 2.25 bits per heavy atom. The number of para-hydroxylation sites is 1. The molecule has 0 spiro atoms. The van der Waals surface area contributed by atoms with Crippen LogP contribution in [-0.2, 0) is 23.8 Å². The van der Waals surface area contributed by atoms with E-state index in [1.54, 1.807) is 64.1 Å². The number of hydrogen-bond acceptors (Lipinski definition) is 14. The number of nitrogens with one attached hydrogen (secondary N) is 2. The predicted molar refractivity (Wildman–Crippen MR) is 221 cm³/mol. The highest BCUT2D eigenvalue weighted by Gasteiger charge is 2.50. The van der Waals surface area contributed by atoms with Crippen LogP contribution in [0.25, 0.3) is 10.8 Å². The molecule has 0 saturated carbocycles. The fraction of sp³-hybridized carbons (Fsp3) is 0.409. The number of aliphatic hydroxyl groups excluding tert-OH is 2. The summed E-state index contributed by atoms with van der Waals surface area (Å²) in [4.78, 5) is 40.4. The van der Waals surface area contributed by atoms with Crippen LogP contribution in [-0.4, -0.2) is 86.7 Å². The smallest absolute Gasteiger partial charge is 0.312 e. The van der Waals surface area contributed by atoms with Gasteiger partial charge in [-0.05, 0) is 32.1 Å². The van der Waals surface area contributed by atoms with Gasteiger partial charge in [-0.2, -0.15) is 5.10 Å². The third-order valence-electron chi connectivity index (χ3n) is 11.2. The number of hydrazone groups is 1. The van der Waals surface area contributed by atoms with E-state index in [0.717, 1.165) is 6.21 Å². The molecule has 3 aromatic carbocycles. The number of Topliss-reactive ketones (excluding diaryl/α,β-unsaturated/α-hetero) is 1. The second-order valence-corrected chi connectivity index (χ2v) is 15.4. The van der Waals surface area contributed by atoms with Crippen molar-refractivity contribution in [1.29, 1.82) is 0 Å². The summed E-state index contributed by atoms with van der Waals surface area (Å²) >= 11 is 0. The zero-order chi connectivity index (χ0) is 43.5. The Bertz CT molecular complexity index is 2220. The maximum atomic E-state index is 14.4. The van der Waals surface area contributed by atoms with Gasteiger partial charge in [0.2, 0.25) is 0 Å². The Morgan fingerprint density at radius 2 is 1.61 bits per heavy atom. The molecule has 7 N–H and O–H groups in total. The van der Waals surface area contributed by atoms with Crippen molar-refractivity contribution in [3.05, 3.63) is 83.2 Å². The standard InChI is InChI=1S/C44H53N3O12/c1-21-14-13-15-22(2)43(55)46-34-29(20-45-47-28-16-11-10-12-17-28)38(52)31-32(39(34)53)37(51)26(6)41-33(31)42(54)44(8,59-41)57-19-18-30(56-9)23(3)40(58-27(7)48)25(5)36(50)24(4)35(21)49/h10-21,23-25,30,35-36,40,47,49-53H,1-9H3,(H,46,55)/b14-13+,19-18+,22-15-,45-20+/t21-,23-,24-,25-,30+,35-,36+,40-,44+/m1/s1. The number of ether oxygens (including phenoxy) is 4. The molecule has 5 bridgehead atoms. The van der Waals surface area contributed by atoms with Crippen LogP contribution in [0.1, 0.15) is 70.0 Å². The number of carbonyl (C=O) groups is 3. The first-order valence-corrected chi connectivity index (χ1v) is 19.3. The van der Waals surface area contributed by atoms with Gasteiger partial charge in [-0.25, -0.2) is 0 Å². The number of phenolic OH excluding ortho intramolecular Hbond substituents is 3. The molecule has 0 fully saturated rings. The van der Waals surface area contributed by atoms with Gasteiger partial charge in [0, 0.05) is 61.2 Å². The Kier molecular flexibility index (Phi) is 13.4. The summed E-state index contributed by atoms with van der Waals surface area (Å²) in [5.74, 6) is -8.60. The minimum Gasteiger partial charge on any atom is -0.507 e. The van der Waals surface area contributed by atoms with E-state index in [2.05, 4.69) is 15.8 Å². The molecule has 15 heteroatoms. The van der Waals surface area contributed by atoms with Crippen LogP contribution < -0.4 is 15.5 Å². The number of benzene rings is 3. The Hall–Kier alpha value is -5.90. The van der Waals surface area contributed by atoms with Crippen molar-refractivity contribution in [2.45, 2.75) is 85.6 Å². The molecular weight excluding hydrogens is 762 g/mol. The number of hydrogen-bond donors (Lipinski definition) is 7. The average Bonchev–Trinajstić information content (AvgIpc) is 3.47. The van der Waals surface area contributed by atoms with Crippen molar-refractivity contribution >= 4 is 46.0 Å². The maximum Gasteiger partial charge on any atom is 0.312 e. The largest absolute Gasteiger partial charge is 0.507 e. The highest BCUT2D eigenvalue weighted by molar-refractivity contribution is 6.23. The number of allylic oxidation sites excluding steroid dienone is 2. The van der Waals surface area contributed by atoms with Crippen molar-refractivity contribution in [1.82, 2.24) is 0 Å². The lowest BCUT2D eigenvalue weighted by Crippen LogP contribution is -2.46. The first-order chi connectivity index (χ1) is 27.8. The van der Waals surface area contributed by atoms with Crippen molar-refractivity contribution in [3.63, 3.8) is 0 Å². The van der Waals surface area contributed by atoms with Gasteiger partial charge in [-0.15, -0.1) is 0 Å². The van der Waals surface area contributed by atoms with Crippen molar-refractivity contribution in [2.75, 3.05) is 17.9 Å². The van der Waals surface area contributed by atoms with E-state index in [4.69, 9.17) is 18.9 Å². The second-order valence-electron chi connectivity index (χ2n) is 15.4. The molecule has 3 heterocycles. The molecule has 1 amide bonds. The number of methoxy groups -OCH3 is 1. The van der Waals surface area contributed by atoms with E-state index in [9.17, 15) is 39.9 Å². The number of fused-ring (bicyclic) bond motifs is 14. The lowest BCUT2D eigenvalue weighted by Gasteiger charge is -2.38. The van der Waals surface area contributed by atoms with Crippen LogP contribution in [0, 0.1) is 30.6 Å². The molecule has 0 saturated heterocycles. The summed E-state index contributed by atoms with van der Waals surface area (Å²) in [6.07, 6.45) is 4.61. The molecule has 15 nitrogen and oxygen atoms in total. The van der Waals surface area contributed by atoms with Gasteiger partial charge in [-0.3, -0.25) is 19.8 Å². The first-order valence-electron chi connectivity index (χ1n) is 19.3. The third kappa shape index (κ3) is 8.77. The number of nitrogens with zero attached hydrogens (tertiary/aromatic N) is 1. The monoisotopic (exact) mass is 815 g/mol. The second kappa shape index (κ2) is 17.9. The number of carbonyl (C=O) groups excluding carboxylic acids is 3. The molecule has 3 aliphatic heterocycles. The van der Waals surface area contributed by atoms with Crippen LogP contribution in [0.4, 0.5) is 11.4 Å². The topological polar surface area (TPSA) is 226 Å². The molecular formula is C44H53N3O12. The molecule has 3 aromatic rings. The molecule has 6 rings (SSSR count). The average molecular weight is 816 g/mol. The molecule has 0 radical (unpaired) electrons. The highest BCUT2D eigenvalue weighted by atomic mass is 16.7. The first kappa shape index (κ1) is 44.2. The van der Waals surface area contributed by atoms with Gasteiger partial charge >= 0.3 is 11.8 Å². The van der Waals surface area contributed by atoms with Crippen molar-refractivity contribution in [3.8, 4) is 23.0 Å². The fourth-order valence-electron chi connectivity index (χ4n) is 7.56. The zero-order valence-electron chi connectivity index (χ0n) is 34.5. The lowest BCUT2D eigenvalue weighted by atomic mass is 9.78. The van der Waals surface area contributed by atoms with Gasteiger partial charge in [-0.1, -0.05) is 64.1 Å². The SMILES string of the molecule is CO[C@H]1/C=C/O[C@@]2(C)Oc3c(C)c(O)c4c(O)c(c(/C=N/Nc5ccccc5)c(O)c4c3C2=O)NC(=O)/C(C)=C\C=C\[C@@H](C)[C@@H](O)[C@@H](C)[C@H](O)[C@@H](C)[C@H](OC(C)=O)[C@@H]1C. The van der Waals surface area contributed by atoms with Gasteiger partial charge < -0.3 is 49.8 Å². The third-order valence-corrected chi connectivity index (χ3v) is 11.2. The highest BCUT2D eigenvalue weighted by Crippen LogP contribution is 2.55. The quantitative estimate of drug-likeness (QED) is 0.0501. The van der Waals surface area contributed by atoms with Crippen LogP contribution in [0.15, 0.2) is 71.6 Å². The normalized spacial score (nSPS) is 30.0. The number of aromatic hydroxyl groups is 3. The summed E-state index contributed by atoms with van der Waals surface area (Å²) in [6, 6.07) is 8.84. The van der Waals surface area contributed by atoms with Gasteiger partial charge in [0.25, 0.3) is 11.7 Å². The van der Waals surface area contributed by atoms with E-state index in [1.807, 2.05) is 6.07 Å². The fourth-order valence-corrected chi connectivity index (χ4v) is 7.56. The van der Waals surface area contributed by atoms with Crippen LogP contribution >= 0.6 is 0 Å². The molecule has 9 atom stereocenters. The molecule has 0 aromatic heterocycles. The minimum absolute atomic E-state index is 0.0359. The van der Waals surface area contributed by atoms with Gasteiger partial charge in [0.15, 0.2) is 5.75 Å². The lowest BCUT2D eigenvalue weighted by molar-refractivity contribution is -0.160. The molecule has 59 heavy (non-hydrogen) atoms. The number of ketones is 1.